The van der Waals surface area contributed by atoms with Crippen molar-refractivity contribution in [2.24, 2.45) is 0 Å². The van der Waals surface area contributed by atoms with E-state index in [9.17, 15) is 13.2 Å². The molecule has 0 aliphatic rings. The Morgan fingerprint density at radius 1 is 1.00 bits per heavy atom. The number of nitrogens with one attached hydrogen (secondary N) is 1. The van der Waals surface area contributed by atoms with Gasteiger partial charge in [-0.25, -0.2) is 0 Å². The molecule has 16 heavy (non-hydrogen) atoms. The third-order valence-corrected chi connectivity index (χ3v) is 2.25. The van der Waals surface area contributed by atoms with E-state index in [0.717, 1.165) is 25.8 Å². The second kappa shape index (κ2) is 8.82. The Morgan fingerprint density at radius 3 is 2.19 bits per heavy atom. The summed E-state index contributed by atoms with van der Waals surface area (Å²) in [7, 11) is 0. The van der Waals surface area contributed by atoms with Gasteiger partial charge in [0.2, 0.25) is 0 Å². The number of hydrogen-bond donors (Lipinski definition) is 1. The Morgan fingerprint density at radius 2 is 1.69 bits per heavy atom. The van der Waals surface area contributed by atoms with Crippen molar-refractivity contribution in [1.29, 1.82) is 0 Å². The fourth-order valence-corrected chi connectivity index (χ4v) is 1.50. The molecule has 0 aromatic carbocycles. The summed E-state index contributed by atoms with van der Waals surface area (Å²) >= 11 is 0. The van der Waals surface area contributed by atoms with Gasteiger partial charge in [0.1, 0.15) is 0 Å². The first-order valence-corrected chi connectivity index (χ1v) is 5.99. The largest absolute Gasteiger partial charge is 0.401 e. The molecule has 0 unspecified atom stereocenters. The molecule has 0 spiro atoms. The molecular formula is C11H23F3N2. The molecule has 0 saturated carbocycles. The fourth-order valence-electron chi connectivity index (χ4n) is 1.50. The molecular weight excluding hydrogens is 217 g/mol. The van der Waals surface area contributed by atoms with Gasteiger partial charge in [0, 0.05) is 13.1 Å². The molecule has 0 aliphatic heterocycles. The van der Waals surface area contributed by atoms with Crippen LogP contribution in [0.1, 0.15) is 33.1 Å². The summed E-state index contributed by atoms with van der Waals surface area (Å²) < 4.78 is 36.6. The van der Waals surface area contributed by atoms with Crippen LogP contribution < -0.4 is 5.32 Å². The highest BCUT2D eigenvalue weighted by Crippen LogP contribution is 2.16. The standard InChI is InChI=1S/C11H23F3N2/c1-3-5-6-15-7-9-16(8-4-2)10-11(12,13)14/h15H,3-10H2,1-2H3. The van der Waals surface area contributed by atoms with Gasteiger partial charge >= 0.3 is 6.18 Å². The minimum atomic E-state index is -4.08. The molecule has 98 valence electrons. The quantitative estimate of drug-likeness (QED) is 0.623. The molecule has 0 fully saturated rings. The number of hydrogen-bond acceptors (Lipinski definition) is 2. The van der Waals surface area contributed by atoms with E-state index in [-0.39, 0.29) is 0 Å². The molecule has 0 heterocycles. The van der Waals surface area contributed by atoms with E-state index < -0.39 is 12.7 Å². The first-order valence-electron chi connectivity index (χ1n) is 5.99. The van der Waals surface area contributed by atoms with Crippen molar-refractivity contribution < 1.29 is 13.2 Å². The molecule has 0 aliphatic carbocycles. The maximum atomic E-state index is 12.2. The van der Waals surface area contributed by atoms with Crippen LogP contribution in [0.5, 0.6) is 0 Å². The Balaban J connectivity index is 3.68. The number of alkyl halides is 3. The van der Waals surface area contributed by atoms with E-state index in [2.05, 4.69) is 12.2 Å². The average Bonchev–Trinajstić information content (AvgIpc) is 2.15. The van der Waals surface area contributed by atoms with Crippen molar-refractivity contribution in [2.75, 3.05) is 32.7 Å². The summed E-state index contributed by atoms with van der Waals surface area (Å²) in [5.41, 5.74) is 0. The molecule has 0 aromatic rings. The van der Waals surface area contributed by atoms with Crippen LogP contribution in [0.25, 0.3) is 0 Å². The van der Waals surface area contributed by atoms with Gasteiger partial charge in [-0.15, -0.1) is 0 Å². The van der Waals surface area contributed by atoms with Crippen molar-refractivity contribution in [1.82, 2.24) is 10.2 Å². The molecule has 0 rings (SSSR count). The van der Waals surface area contributed by atoms with E-state index in [1.54, 1.807) is 0 Å². The zero-order chi connectivity index (χ0) is 12.4. The molecule has 0 amide bonds. The van der Waals surface area contributed by atoms with E-state index >= 15 is 0 Å². The van der Waals surface area contributed by atoms with Crippen LogP contribution in [0.3, 0.4) is 0 Å². The maximum absolute atomic E-state index is 12.2. The van der Waals surface area contributed by atoms with Crippen molar-refractivity contribution in [2.45, 2.75) is 39.3 Å². The Kier molecular flexibility index (Phi) is 8.66. The van der Waals surface area contributed by atoms with E-state index in [1.807, 2.05) is 6.92 Å². The van der Waals surface area contributed by atoms with Crippen LogP contribution in [0.15, 0.2) is 0 Å². The fraction of sp³-hybridized carbons (Fsp3) is 1.00. The third-order valence-electron chi connectivity index (χ3n) is 2.25. The average molecular weight is 240 g/mol. The lowest BCUT2D eigenvalue weighted by Crippen LogP contribution is -2.39. The number of nitrogens with zero attached hydrogens (tertiary/aromatic N) is 1. The first-order chi connectivity index (χ1) is 7.49. The maximum Gasteiger partial charge on any atom is 0.401 e. The van der Waals surface area contributed by atoms with Crippen molar-refractivity contribution in [3.63, 3.8) is 0 Å². The lowest BCUT2D eigenvalue weighted by molar-refractivity contribution is -0.145. The summed E-state index contributed by atoms with van der Waals surface area (Å²) in [6, 6.07) is 0. The van der Waals surface area contributed by atoms with Gasteiger partial charge in [-0.3, -0.25) is 4.90 Å². The molecule has 2 nitrogen and oxygen atoms in total. The van der Waals surface area contributed by atoms with Crippen molar-refractivity contribution in [3.05, 3.63) is 0 Å². The van der Waals surface area contributed by atoms with Crippen molar-refractivity contribution >= 4 is 0 Å². The van der Waals surface area contributed by atoms with Gasteiger partial charge in [0.25, 0.3) is 0 Å². The smallest absolute Gasteiger partial charge is 0.315 e. The third kappa shape index (κ3) is 10.2. The highest BCUT2D eigenvalue weighted by atomic mass is 19.4. The van der Waals surface area contributed by atoms with E-state index in [4.69, 9.17) is 0 Å². The van der Waals surface area contributed by atoms with Gasteiger partial charge in [0.05, 0.1) is 6.54 Å². The topological polar surface area (TPSA) is 15.3 Å². The Hall–Kier alpha value is -0.290. The zero-order valence-electron chi connectivity index (χ0n) is 10.2. The van der Waals surface area contributed by atoms with Crippen LogP contribution in [0.2, 0.25) is 0 Å². The highest BCUT2D eigenvalue weighted by molar-refractivity contribution is 4.64. The Bertz CT molecular complexity index is 160. The summed E-state index contributed by atoms with van der Waals surface area (Å²) in [6.45, 7) is 5.70. The second-order valence-electron chi connectivity index (χ2n) is 3.99. The number of rotatable bonds is 9. The van der Waals surface area contributed by atoms with Crippen LogP contribution in [0.4, 0.5) is 13.2 Å². The molecule has 5 heteroatoms. The SMILES string of the molecule is CCCCNCCN(CCC)CC(F)(F)F. The van der Waals surface area contributed by atoms with Gasteiger partial charge < -0.3 is 5.32 Å². The second-order valence-corrected chi connectivity index (χ2v) is 3.99. The van der Waals surface area contributed by atoms with Crippen LogP contribution in [0, 0.1) is 0 Å². The highest BCUT2D eigenvalue weighted by Gasteiger charge is 2.29. The van der Waals surface area contributed by atoms with Crippen LogP contribution in [-0.2, 0) is 0 Å². The van der Waals surface area contributed by atoms with Crippen LogP contribution in [-0.4, -0.2) is 43.8 Å². The van der Waals surface area contributed by atoms with Gasteiger partial charge in [0.15, 0.2) is 0 Å². The summed E-state index contributed by atoms with van der Waals surface area (Å²) in [4.78, 5) is 1.46. The number of halogens is 3. The monoisotopic (exact) mass is 240 g/mol. The van der Waals surface area contributed by atoms with Gasteiger partial charge in [-0.2, -0.15) is 13.2 Å². The minimum Gasteiger partial charge on any atom is -0.315 e. The minimum absolute atomic E-state index is 0.469. The number of unbranched alkanes of at least 4 members (excludes halogenated alkanes) is 1. The summed E-state index contributed by atoms with van der Waals surface area (Å²) in [6.07, 6.45) is -1.15. The Labute approximate surface area is 96.2 Å². The van der Waals surface area contributed by atoms with Gasteiger partial charge in [-0.1, -0.05) is 20.3 Å². The lowest BCUT2D eigenvalue weighted by Gasteiger charge is -2.23. The molecule has 1 N–H and O–H groups in total. The summed E-state index contributed by atoms with van der Waals surface area (Å²) in [5, 5.41) is 3.15. The predicted molar refractivity (Wildman–Crippen MR) is 60.6 cm³/mol. The van der Waals surface area contributed by atoms with E-state index in [0.29, 0.717) is 19.6 Å². The van der Waals surface area contributed by atoms with E-state index in [1.165, 1.54) is 4.90 Å². The van der Waals surface area contributed by atoms with Crippen LogP contribution >= 0.6 is 0 Å². The molecule has 0 atom stereocenters. The normalized spacial score (nSPS) is 12.4. The summed E-state index contributed by atoms with van der Waals surface area (Å²) in [5.74, 6) is 0. The van der Waals surface area contributed by atoms with Gasteiger partial charge in [-0.05, 0) is 25.9 Å². The first kappa shape index (κ1) is 15.7. The predicted octanol–water partition coefficient (Wildman–Crippen LogP) is 2.65. The zero-order valence-corrected chi connectivity index (χ0v) is 10.2. The molecule has 0 saturated heterocycles. The van der Waals surface area contributed by atoms with Crippen molar-refractivity contribution in [3.8, 4) is 0 Å². The molecule has 0 radical (unpaired) electrons. The lowest BCUT2D eigenvalue weighted by atomic mass is 10.3. The molecule has 0 bridgehead atoms. The molecule has 0 aromatic heterocycles.